The number of hydrogen-bond donors (Lipinski definition) is 1. The fraction of sp³-hybridized carbons (Fsp3) is 0.200. The van der Waals surface area contributed by atoms with Crippen LogP contribution in [0, 0.1) is 0 Å². The molecule has 0 aliphatic rings. The number of nitrogens with zero attached hydrogens (tertiary/aromatic N) is 2. The first-order valence-electron chi connectivity index (χ1n) is 11.7. The van der Waals surface area contributed by atoms with Gasteiger partial charge in [-0.3, -0.25) is 0 Å². The van der Waals surface area contributed by atoms with Gasteiger partial charge >= 0.3 is 0 Å². The summed E-state index contributed by atoms with van der Waals surface area (Å²) in [6.45, 7) is 7.41. The molecule has 0 radical (unpaired) electrons. The zero-order valence-electron chi connectivity index (χ0n) is 20.5. The molecule has 5 nitrogen and oxygen atoms in total. The first-order valence-corrected chi connectivity index (χ1v) is 11.7. The van der Waals surface area contributed by atoms with Gasteiger partial charge in [0.05, 0.1) is 7.11 Å². The summed E-state index contributed by atoms with van der Waals surface area (Å²) in [4.78, 5) is 9.23. The molecule has 2 heterocycles. The Morgan fingerprint density at radius 1 is 0.829 bits per heavy atom. The van der Waals surface area contributed by atoms with Gasteiger partial charge in [0.25, 0.3) is 0 Å². The van der Waals surface area contributed by atoms with E-state index in [1.165, 1.54) is 11.1 Å². The van der Waals surface area contributed by atoms with Crippen molar-refractivity contribution in [1.82, 2.24) is 9.97 Å². The third-order valence-corrected chi connectivity index (χ3v) is 6.12. The molecular weight excluding hydrogens is 434 g/mol. The third kappa shape index (κ3) is 5.04. The number of hydrogen-bond acceptors (Lipinski definition) is 5. The molecular formula is C30H29N3O2. The van der Waals surface area contributed by atoms with Gasteiger partial charge in [0, 0.05) is 23.9 Å². The minimum absolute atomic E-state index is 0.162. The lowest BCUT2D eigenvalue weighted by Crippen LogP contribution is -2.11. The summed E-state index contributed by atoms with van der Waals surface area (Å²) in [5, 5.41) is 3.41. The fourth-order valence-electron chi connectivity index (χ4n) is 3.95. The van der Waals surface area contributed by atoms with E-state index in [0.29, 0.717) is 5.89 Å². The van der Waals surface area contributed by atoms with Crippen molar-refractivity contribution in [2.75, 3.05) is 12.4 Å². The van der Waals surface area contributed by atoms with Gasteiger partial charge in [0.1, 0.15) is 17.1 Å². The molecule has 0 atom stereocenters. The molecule has 0 saturated heterocycles. The van der Waals surface area contributed by atoms with Gasteiger partial charge in [0.2, 0.25) is 5.89 Å². The summed E-state index contributed by atoms with van der Waals surface area (Å²) in [5.74, 6) is 2.24. The number of nitrogens with one attached hydrogen (secondary N) is 1. The highest BCUT2D eigenvalue weighted by molar-refractivity contribution is 5.82. The lowest BCUT2D eigenvalue weighted by Gasteiger charge is -2.19. The Morgan fingerprint density at radius 3 is 2.20 bits per heavy atom. The van der Waals surface area contributed by atoms with Crippen LogP contribution in [0.25, 0.3) is 33.7 Å². The minimum Gasteiger partial charge on any atom is -0.497 e. The van der Waals surface area contributed by atoms with E-state index in [2.05, 4.69) is 66.4 Å². The standard InChI is InChI=1S/C30H29N3O2/c1-30(2,3)24-11-5-20(6-12-24)18-31-28-16-10-23(19-32-28)22-9-15-26-27(17-22)35-29(33-26)21-7-13-25(34-4)14-8-21/h5-17,19H,18H2,1-4H3,(H,31,32). The number of ether oxygens (including phenoxy) is 1. The summed E-state index contributed by atoms with van der Waals surface area (Å²) in [6.07, 6.45) is 1.88. The second-order valence-corrected chi connectivity index (χ2v) is 9.66. The zero-order valence-corrected chi connectivity index (χ0v) is 20.5. The number of oxazole rings is 1. The van der Waals surface area contributed by atoms with Crippen LogP contribution in [0.15, 0.2) is 89.5 Å². The van der Waals surface area contributed by atoms with Gasteiger partial charge in [-0.15, -0.1) is 0 Å². The second-order valence-electron chi connectivity index (χ2n) is 9.66. The maximum absolute atomic E-state index is 6.05. The highest BCUT2D eigenvalue weighted by atomic mass is 16.5. The van der Waals surface area contributed by atoms with Crippen molar-refractivity contribution in [3.8, 4) is 28.3 Å². The Kier molecular flexibility index (Phi) is 6.00. The topological polar surface area (TPSA) is 60.2 Å². The SMILES string of the molecule is COc1ccc(-c2nc3ccc(-c4ccc(NCc5ccc(C(C)(C)C)cc5)nc4)cc3o2)cc1. The normalized spacial score (nSPS) is 11.5. The first kappa shape index (κ1) is 22.7. The zero-order chi connectivity index (χ0) is 24.4. The molecule has 0 aliphatic carbocycles. The number of methoxy groups -OCH3 is 1. The molecule has 3 aromatic carbocycles. The van der Waals surface area contributed by atoms with E-state index in [0.717, 1.165) is 45.9 Å². The van der Waals surface area contributed by atoms with Crippen molar-refractivity contribution >= 4 is 16.9 Å². The molecule has 0 saturated carbocycles. The smallest absolute Gasteiger partial charge is 0.227 e. The van der Waals surface area contributed by atoms with Crippen LogP contribution in [0.4, 0.5) is 5.82 Å². The van der Waals surface area contributed by atoms with E-state index in [1.54, 1.807) is 7.11 Å². The van der Waals surface area contributed by atoms with Gasteiger partial charge in [-0.05, 0) is 70.6 Å². The molecule has 176 valence electrons. The molecule has 0 amide bonds. The summed E-state index contributed by atoms with van der Waals surface area (Å²) < 4.78 is 11.3. The molecule has 2 aromatic heterocycles. The summed E-state index contributed by atoms with van der Waals surface area (Å²) in [7, 11) is 1.65. The number of aromatic nitrogens is 2. The Morgan fingerprint density at radius 2 is 1.54 bits per heavy atom. The predicted molar refractivity (Wildman–Crippen MR) is 142 cm³/mol. The van der Waals surface area contributed by atoms with Gasteiger partial charge in [-0.1, -0.05) is 51.1 Å². The summed E-state index contributed by atoms with van der Waals surface area (Å²) in [5.41, 5.74) is 7.26. The van der Waals surface area contributed by atoms with Crippen molar-refractivity contribution in [3.63, 3.8) is 0 Å². The van der Waals surface area contributed by atoms with E-state index < -0.39 is 0 Å². The van der Waals surface area contributed by atoms with E-state index in [9.17, 15) is 0 Å². The molecule has 0 unspecified atom stereocenters. The Balaban J connectivity index is 1.28. The Bertz CT molecular complexity index is 1430. The van der Waals surface area contributed by atoms with Crippen molar-refractivity contribution < 1.29 is 9.15 Å². The second kappa shape index (κ2) is 9.26. The van der Waals surface area contributed by atoms with Crippen LogP contribution in [0.3, 0.4) is 0 Å². The molecule has 0 spiro atoms. The van der Waals surface area contributed by atoms with Gasteiger partial charge in [-0.25, -0.2) is 9.97 Å². The van der Waals surface area contributed by atoms with Crippen molar-refractivity contribution in [3.05, 3.63) is 96.2 Å². The monoisotopic (exact) mass is 463 g/mol. The van der Waals surface area contributed by atoms with Crippen LogP contribution in [0.5, 0.6) is 5.75 Å². The average molecular weight is 464 g/mol. The van der Waals surface area contributed by atoms with E-state index >= 15 is 0 Å². The fourth-order valence-corrected chi connectivity index (χ4v) is 3.95. The van der Waals surface area contributed by atoms with Crippen LogP contribution in [-0.2, 0) is 12.0 Å². The quantitative estimate of drug-likeness (QED) is 0.283. The number of benzene rings is 3. The molecule has 0 fully saturated rings. The van der Waals surface area contributed by atoms with E-state index in [1.807, 2.05) is 54.7 Å². The lowest BCUT2D eigenvalue weighted by atomic mass is 9.87. The number of pyridine rings is 1. The number of rotatable bonds is 6. The molecule has 1 N–H and O–H groups in total. The van der Waals surface area contributed by atoms with Crippen LogP contribution in [0.2, 0.25) is 0 Å². The van der Waals surface area contributed by atoms with Gasteiger partial charge in [-0.2, -0.15) is 0 Å². The van der Waals surface area contributed by atoms with Gasteiger partial charge < -0.3 is 14.5 Å². The minimum atomic E-state index is 0.162. The van der Waals surface area contributed by atoms with Gasteiger partial charge in [0.15, 0.2) is 5.58 Å². The summed E-state index contributed by atoms with van der Waals surface area (Å²) >= 11 is 0. The highest BCUT2D eigenvalue weighted by Crippen LogP contribution is 2.29. The number of anilines is 1. The largest absolute Gasteiger partial charge is 0.497 e. The predicted octanol–water partition coefficient (Wildman–Crippen LogP) is 7.48. The van der Waals surface area contributed by atoms with Crippen LogP contribution < -0.4 is 10.1 Å². The molecule has 35 heavy (non-hydrogen) atoms. The lowest BCUT2D eigenvalue weighted by molar-refractivity contribution is 0.415. The van der Waals surface area contributed by atoms with Crippen LogP contribution in [0.1, 0.15) is 31.9 Å². The molecule has 5 heteroatoms. The highest BCUT2D eigenvalue weighted by Gasteiger charge is 2.13. The van der Waals surface area contributed by atoms with E-state index in [4.69, 9.17) is 9.15 Å². The van der Waals surface area contributed by atoms with Crippen molar-refractivity contribution in [2.24, 2.45) is 0 Å². The number of fused-ring (bicyclic) bond motifs is 1. The Labute approximate surface area is 205 Å². The van der Waals surface area contributed by atoms with Crippen LogP contribution >= 0.6 is 0 Å². The van der Waals surface area contributed by atoms with Crippen molar-refractivity contribution in [2.45, 2.75) is 32.7 Å². The average Bonchev–Trinajstić information content (AvgIpc) is 3.31. The van der Waals surface area contributed by atoms with Crippen LogP contribution in [-0.4, -0.2) is 17.1 Å². The maximum atomic E-state index is 6.05. The molecule has 5 aromatic rings. The Hall–Kier alpha value is -4.12. The first-order chi connectivity index (χ1) is 16.9. The van der Waals surface area contributed by atoms with Crippen molar-refractivity contribution in [1.29, 1.82) is 0 Å². The molecule has 5 rings (SSSR count). The molecule has 0 aliphatic heterocycles. The molecule has 0 bridgehead atoms. The third-order valence-electron chi connectivity index (χ3n) is 6.12. The maximum Gasteiger partial charge on any atom is 0.227 e. The van der Waals surface area contributed by atoms with E-state index in [-0.39, 0.29) is 5.41 Å². The summed E-state index contributed by atoms with van der Waals surface area (Å²) in [6, 6.07) is 26.6.